The van der Waals surface area contributed by atoms with Gasteiger partial charge in [0.15, 0.2) is 0 Å². The van der Waals surface area contributed by atoms with Crippen LogP contribution in [0.15, 0.2) is 48.5 Å². The molecule has 0 bridgehead atoms. The number of rotatable bonds is 9. The molecule has 1 aliphatic rings. The van der Waals surface area contributed by atoms with Crippen molar-refractivity contribution >= 4 is 18.0 Å². The standard InChI is InChI=1S/C24H28N2O5/c1-3-16(23(29)26-15(2)12-22(27)28)13-25-24(30)31-14-21-19-10-6-4-8-17(19)18-9-5-7-11-20(18)21/h4-11,15-16,21H,3,12-14H2,1-2H3,(H,25,30)(H,26,29)(H,27,28)/t15-,16?/m1/s1. The minimum Gasteiger partial charge on any atom is -0.481 e. The zero-order valence-corrected chi connectivity index (χ0v) is 17.8. The zero-order valence-electron chi connectivity index (χ0n) is 17.8. The summed E-state index contributed by atoms with van der Waals surface area (Å²) < 4.78 is 5.49. The first-order chi connectivity index (χ1) is 14.9. The number of nitrogens with one attached hydrogen (secondary N) is 2. The fourth-order valence-corrected chi connectivity index (χ4v) is 3.95. The number of carboxylic acids is 1. The molecular formula is C24H28N2O5. The van der Waals surface area contributed by atoms with Gasteiger partial charge in [0.2, 0.25) is 5.91 Å². The van der Waals surface area contributed by atoms with Crippen LogP contribution in [0.1, 0.15) is 43.7 Å². The molecule has 0 fully saturated rings. The minimum atomic E-state index is -0.974. The lowest BCUT2D eigenvalue weighted by Gasteiger charge is -2.19. The number of ether oxygens (including phenoxy) is 1. The van der Waals surface area contributed by atoms with Crippen LogP contribution in [0.4, 0.5) is 4.79 Å². The Labute approximate surface area is 181 Å². The van der Waals surface area contributed by atoms with Gasteiger partial charge in [-0.15, -0.1) is 0 Å². The van der Waals surface area contributed by atoms with Crippen molar-refractivity contribution < 1.29 is 24.2 Å². The molecule has 31 heavy (non-hydrogen) atoms. The highest BCUT2D eigenvalue weighted by Gasteiger charge is 2.29. The summed E-state index contributed by atoms with van der Waals surface area (Å²) in [4.78, 5) is 35.4. The van der Waals surface area contributed by atoms with Crippen molar-refractivity contribution in [3.63, 3.8) is 0 Å². The van der Waals surface area contributed by atoms with Crippen LogP contribution in [-0.2, 0) is 14.3 Å². The Morgan fingerprint density at radius 3 is 2.16 bits per heavy atom. The molecule has 2 atom stereocenters. The first-order valence-electron chi connectivity index (χ1n) is 10.5. The van der Waals surface area contributed by atoms with Gasteiger partial charge in [-0.2, -0.15) is 0 Å². The lowest BCUT2D eigenvalue weighted by Crippen LogP contribution is -2.42. The van der Waals surface area contributed by atoms with Crippen LogP contribution in [0, 0.1) is 5.92 Å². The Balaban J connectivity index is 1.53. The third-order valence-electron chi connectivity index (χ3n) is 5.57. The normalized spacial score (nSPS) is 14.1. The number of amides is 2. The molecule has 1 aliphatic carbocycles. The quantitative estimate of drug-likeness (QED) is 0.571. The number of hydrogen-bond donors (Lipinski definition) is 3. The van der Waals surface area contributed by atoms with Gasteiger partial charge < -0.3 is 20.5 Å². The lowest BCUT2D eigenvalue weighted by molar-refractivity contribution is -0.137. The Morgan fingerprint density at radius 2 is 1.61 bits per heavy atom. The Hall–Kier alpha value is -3.35. The van der Waals surface area contributed by atoms with E-state index in [1.165, 1.54) is 0 Å². The number of carbonyl (C=O) groups excluding carboxylic acids is 2. The molecule has 7 nitrogen and oxygen atoms in total. The summed E-state index contributed by atoms with van der Waals surface area (Å²) in [6, 6.07) is 15.7. The molecule has 3 N–H and O–H groups in total. The first-order valence-corrected chi connectivity index (χ1v) is 10.5. The van der Waals surface area contributed by atoms with Crippen molar-refractivity contribution in [3.8, 4) is 11.1 Å². The van der Waals surface area contributed by atoms with Crippen LogP contribution in [0.25, 0.3) is 11.1 Å². The third kappa shape index (κ3) is 5.42. The summed E-state index contributed by atoms with van der Waals surface area (Å²) >= 11 is 0. The Kier molecular flexibility index (Phi) is 7.28. The molecule has 0 aliphatic heterocycles. The van der Waals surface area contributed by atoms with Crippen molar-refractivity contribution in [3.05, 3.63) is 59.7 Å². The molecule has 0 aromatic heterocycles. The van der Waals surface area contributed by atoms with Crippen LogP contribution < -0.4 is 10.6 Å². The smallest absolute Gasteiger partial charge is 0.407 e. The van der Waals surface area contributed by atoms with Gasteiger partial charge in [-0.3, -0.25) is 9.59 Å². The second kappa shape index (κ2) is 10.1. The maximum absolute atomic E-state index is 12.3. The molecular weight excluding hydrogens is 396 g/mol. The molecule has 0 heterocycles. The van der Waals surface area contributed by atoms with Gasteiger partial charge in [0.1, 0.15) is 6.61 Å². The summed E-state index contributed by atoms with van der Waals surface area (Å²) in [6.07, 6.45) is -0.219. The average molecular weight is 424 g/mol. The van der Waals surface area contributed by atoms with Gasteiger partial charge in [0.05, 0.1) is 12.3 Å². The van der Waals surface area contributed by atoms with E-state index in [1.54, 1.807) is 6.92 Å². The van der Waals surface area contributed by atoms with Crippen molar-refractivity contribution in [2.24, 2.45) is 5.92 Å². The summed E-state index contributed by atoms with van der Waals surface area (Å²) in [7, 11) is 0. The molecule has 7 heteroatoms. The molecule has 0 saturated heterocycles. The maximum atomic E-state index is 12.3. The molecule has 0 saturated carbocycles. The van der Waals surface area contributed by atoms with Crippen molar-refractivity contribution in [2.75, 3.05) is 13.2 Å². The molecule has 0 spiro atoms. The maximum Gasteiger partial charge on any atom is 0.407 e. The monoisotopic (exact) mass is 424 g/mol. The van der Waals surface area contributed by atoms with Crippen LogP contribution in [0.5, 0.6) is 0 Å². The third-order valence-corrected chi connectivity index (χ3v) is 5.57. The summed E-state index contributed by atoms with van der Waals surface area (Å²) in [5.74, 6) is -1.75. The van der Waals surface area contributed by atoms with E-state index in [4.69, 9.17) is 9.84 Å². The Bertz CT molecular complexity index is 913. The van der Waals surface area contributed by atoms with Gasteiger partial charge in [0, 0.05) is 18.5 Å². The molecule has 2 amide bonds. The number of alkyl carbamates (subject to hydrolysis) is 1. The van der Waals surface area contributed by atoms with Crippen LogP contribution in [0.3, 0.4) is 0 Å². The van der Waals surface area contributed by atoms with Crippen LogP contribution in [0.2, 0.25) is 0 Å². The van der Waals surface area contributed by atoms with E-state index < -0.39 is 24.0 Å². The highest BCUT2D eigenvalue weighted by molar-refractivity contribution is 5.81. The molecule has 3 rings (SSSR count). The SMILES string of the molecule is CCC(CNC(=O)OCC1c2ccccc2-c2ccccc21)C(=O)N[C@H](C)CC(=O)O. The van der Waals surface area contributed by atoms with Crippen LogP contribution >= 0.6 is 0 Å². The van der Waals surface area contributed by atoms with Gasteiger partial charge in [0.25, 0.3) is 0 Å². The topological polar surface area (TPSA) is 105 Å². The van der Waals surface area contributed by atoms with Crippen molar-refractivity contribution in [1.82, 2.24) is 10.6 Å². The van der Waals surface area contributed by atoms with Crippen molar-refractivity contribution in [2.45, 2.75) is 38.6 Å². The Morgan fingerprint density at radius 1 is 1.03 bits per heavy atom. The average Bonchev–Trinajstić information content (AvgIpc) is 3.06. The highest BCUT2D eigenvalue weighted by atomic mass is 16.5. The number of benzene rings is 2. The summed E-state index contributed by atoms with van der Waals surface area (Å²) in [5, 5.41) is 14.2. The predicted molar refractivity (Wildman–Crippen MR) is 117 cm³/mol. The van der Waals surface area contributed by atoms with E-state index in [2.05, 4.69) is 34.9 Å². The van der Waals surface area contributed by atoms with Gasteiger partial charge >= 0.3 is 12.1 Å². The van der Waals surface area contributed by atoms with Crippen LogP contribution in [-0.4, -0.2) is 42.3 Å². The largest absolute Gasteiger partial charge is 0.481 e. The van der Waals surface area contributed by atoms with Gasteiger partial charge in [-0.1, -0.05) is 55.5 Å². The van der Waals surface area contributed by atoms with E-state index in [0.717, 1.165) is 22.3 Å². The second-order valence-corrected chi connectivity index (χ2v) is 7.82. The lowest BCUT2D eigenvalue weighted by atomic mass is 9.98. The molecule has 2 aromatic rings. The minimum absolute atomic E-state index is 0.0275. The highest BCUT2D eigenvalue weighted by Crippen LogP contribution is 2.44. The number of carbonyl (C=O) groups is 3. The van der Waals surface area contributed by atoms with E-state index in [1.807, 2.05) is 31.2 Å². The zero-order chi connectivity index (χ0) is 22.4. The first kappa shape index (κ1) is 22.3. The number of fused-ring (bicyclic) bond motifs is 3. The van der Waals surface area contributed by atoms with E-state index in [9.17, 15) is 14.4 Å². The summed E-state index contributed by atoms with van der Waals surface area (Å²) in [5.41, 5.74) is 4.58. The number of aliphatic carboxylic acids is 1. The fourth-order valence-electron chi connectivity index (χ4n) is 3.95. The number of hydrogen-bond acceptors (Lipinski definition) is 4. The molecule has 2 aromatic carbocycles. The van der Waals surface area contributed by atoms with E-state index in [-0.39, 0.29) is 31.4 Å². The second-order valence-electron chi connectivity index (χ2n) is 7.82. The van der Waals surface area contributed by atoms with Crippen molar-refractivity contribution in [1.29, 1.82) is 0 Å². The predicted octanol–water partition coefficient (Wildman–Crippen LogP) is 3.53. The van der Waals surface area contributed by atoms with Gasteiger partial charge in [-0.05, 0) is 35.6 Å². The fraction of sp³-hybridized carbons (Fsp3) is 0.375. The number of carboxylic acid groups (broad SMARTS) is 1. The van der Waals surface area contributed by atoms with Gasteiger partial charge in [-0.25, -0.2) is 4.79 Å². The summed E-state index contributed by atoms with van der Waals surface area (Å²) in [6.45, 7) is 3.81. The molecule has 1 unspecified atom stereocenters. The molecule has 0 radical (unpaired) electrons. The molecule has 164 valence electrons. The van der Waals surface area contributed by atoms with E-state index in [0.29, 0.717) is 6.42 Å². The van der Waals surface area contributed by atoms with E-state index >= 15 is 0 Å².